The number of hydrogen-bond acceptors (Lipinski definition) is 4. The number of carboxylic acids is 1. The van der Waals surface area contributed by atoms with Gasteiger partial charge in [0.05, 0.1) is 11.8 Å². The van der Waals surface area contributed by atoms with Crippen LogP contribution in [-0.4, -0.2) is 45.3 Å². The van der Waals surface area contributed by atoms with Crippen molar-refractivity contribution in [1.29, 1.82) is 0 Å². The zero-order chi connectivity index (χ0) is 10.0. The third kappa shape index (κ3) is 2.45. The summed E-state index contributed by atoms with van der Waals surface area (Å²) in [7, 11) is 0. The van der Waals surface area contributed by atoms with E-state index in [1.54, 1.807) is 6.92 Å². The number of rotatable bonds is 2. The Morgan fingerprint density at radius 3 is 2.85 bits per heavy atom. The summed E-state index contributed by atoms with van der Waals surface area (Å²) < 4.78 is 0. The molecule has 13 heavy (non-hydrogen) atoms. The van der Waals surface area contributed by atoms with Gasteiger partial charge in [0.1, 0.15) is 6.54 Å². The number of carbonyl (C=O) groups is 3. The predicted octanol–water partition coefficient (Wildman–Crippen LogP) is -0.439. The summed E-state index contributed by atoms with van der Waals surface area (Å²) in [5.41, 5.74) is 0. The minimum Gasteiger partial charge on any atom is -0.480 e. The highest BCUT2D eigenvalue weighted by molar-refractivity contribution is 8.14. The smallest absolute Gasteiger partial charge is 0.323 e. The van der Waals surface area contributed by atoms with Gasteiger partial charge in [-0.15, -0.1) is 0 Å². The van der Waals surface area contributed by atoms with Crippen molar-refractivity contribution in [1.82, 2.24) is 4.90 Å². The first-order valence-electron chi connectivity index (χ1n) is 3.71. The quantitative estimate of drug-likeness (QED) is 0.658. The standard InChI is InChI=1S/C7H9NO4S/c1-4-7(12)8(2-5(9)10)3-6(11)13-4/h4H,2-3H2,1H3,(H,9,10). The van der Waals surface area contributed by atoms with Crippen LogP contribution in [0.5, 0.6) is 0 Å². The Hall–Kier alpha value is -1.04. The van der Waals surface area contributed by atoms with Gasteiger partial charge in [0.25, 0.3) is 0 Å². The summed E-state index contributed by atoms with van der Waals surface area (Å²) in [6.45, 7) is 1.11. The van der Waals surface area contributed by atoms with Gasteiger partial charge in [-0.25, -0.2) is 0 Å². The van der Waals surface area contributed by atoms with E-state index in [2.05, 4.69) is 0 Å². The number of carboxylic acid groups (broad SMARTS) is 1. The molecular weight excluding hydrogens is 194 g/mol. The van der Waals surface area contributed by atoms with Crippen molar-refractivity contribution in [3.63, 3.8) is 0 Å². The second kappa shape index (κ2) is 3.78. The summed E-state index contributed by atoms with van der Waals surface area (Å²) in [4.78, 5) is 33.7. The highest BCUT2D eigenvalue weighted by Crippen LogP contribution is 2.20. The minimum absolute atomic E-state index is 0.0971. The van der Waals surface area contributed by atoms with Crippen LogP contribution in [0.4, 0.5) is 0 Å². The van der Waals surface area contributed by atoms with Crippen LogP contribution in [-0.2, 0) is 14.4 Å². The van der Waals surface area contributed by atoms with E-state index in [1.807, 2.05) is 0 Å². The molecule has 1 aliphatic rings. The molecule has 1 rings (SSSR count). The molecule has 1 aliphatic heterocycles. The molecule has 0 saturated carbocycles. The number of thioether (sulfide) groups is 1. The molecule has 0 bridgehead atoms. The molecule has 0 radical (unpaired) electrons. The van der Waals surface area contributed by atoms with Crippen LogP contribution < -0.4 is 0 Å². The van der Waals surface area contributed by atoms with Gasteiger partial charge in [0.2, 0.25) is 11.0 Å². The van der Waals surface area contributed by atoms with Crippen molar-refractivity contribution in [3.05, 3.63) is 0 Å². The maximum Gasteiger partial charge on any atom is 0.323 e. The van der Waals surface area contributed by atoms with Crippen LogP contribution in [0.2, 0.25) is 0 Å². The van der Waals surface area contributed by atoms with E-state index >= 15 is 0 Å². The average Bonchev–Trinajstić information content (AvgIpc) is 1.98. The Morgan fingerprint density at radius 2 is 2.31 bits per heavy atom. The minimum atomic E-state index is -1.10. The molecule has 1 saturated heterocycles. The Morgan fingerprint density at radius 1 is 1.69 bits per heavy atom. The molecule has 1 atom stereocenters. The van der Waals surface area contributed by atoms with E-state index in [0.717, 1.165) is 16.7 Å². The molecule has 1 heterocycles. The molecule has 1 N–H and O–H groups in total. The van der Waals surface area contributed by atoms with Crippen molar-refractivity contribution in [2.24, 2.45) is 0 Å². The van der Waals surface area contributed by atoms with Crippen molar-refractivity contribution >= 4 is 28.8 Å². The van der Waals surface area contributed by atoms with Gasteiger partial charge >= 0.3 is 5.97 Å². The lowest BCUT2D eigenvalue weighted by Crippen LogP contribution is -2.46. The number of hydrogen-bond donors (Lipinski definition) is 1. The molecule has 0 aromatic rings. The molecule has 5 nitrogen and oxygen atoms in total. The lowest BCUT2D eigenvalue weighted by molar-refractivity contribution is -0.145. The van der Waals surface area contributed by atoms with Gasteiger partial charge in [-0.05, 0) is 6.92 Å². The van der Waals surface area contributed by atoms with E-state index in [-0.39, 0.29) is 17.6 Å². The molecule has 0 spiro atoms. The molecule has 0 aromatic heterocycles. The van der Waals surface area contributed by atoms with E-state index in [0.29, 0.717) is 0 Å². The molecule has 1 fully saturated rings. The number of nitrogens with zero attached hydrogens (tertiary/aromatic N) is 1. The van der Waals surface area contributed by atoms with Crippen LogP contribution in [0.15, 0.2) is 0 Å². The number of carbonyl (C=O) groups excluding carboxylic acids is 2. The zero-order valence-corrected chi connectivity index (χ0v) is 7.84. The monoisotopic (exact) mass is 203 g/mol. The van der Waals surface area contributed by atoms with Crippen LogP contribution in [0.1, 0.15) is 6.92 Å². The van der Waals surface area contributed by atoms with Crippen LogP contribution in [0.25, 0.3) is 0 Å². The van der Waals surface area contributed by atoms with Crippen molar-refractivity contribution in [2.45, 2.75) is 12.2 Å². The van der Waals surface area contributed by atoms with E-state index in [4.69, 9.17) is 5.11 Å². The summed E-state index contributed by atoms with van der Waals surface area (Å²) in [6.07, 6.45) is 0. The Kier molecular flexibility index (Phi) is 2.92. The maximum absolute atomic E-state index is 11.3. The first-order chi connectivity index (χ1) is 6.00. The van der Waals surface area contributed by atoms with Crippen LogP contribution in [0.3, 0.4) is 0 Å². The van der Waals surface area contributed by atoms with Gasteiger partial charge in [-0.1, -0.05) is 11.8 Å². The van der Waals surface area contributed by atoms with Gasteiger partial charge < -0.3 is 10.0 Å². The van der Waals surface area contributed by atoms with Crippen molar-refractivity contribution in [3.8, 4) is 0 Å². The molecule has 1 amide bonds. The molecule has 6 heteroatoms. The van der Waals surface area contributed by atoms with Crippen LogP contribution >= 0.6 is 11.8 Å². The third-order valence-electron chi connectivity index (χ3n) is 1.61. The fourth-order valence-electron chi connectivity index (χ4n) is 1.07. The second-order valence-electron chi connectivity index (χ2n) is 2.72. The van der Waals surface area contributed by atoms with Gasteiger partial charge in [-0.3, -0.25) is 14.4 Å². The maximum atomic E-state index is 11.3. The average molecular weight is 203 g/mol. The van der Waals surface area contributed by atoms with Crippen LogP contribution in [0, 0.1) is 0 Å². The normalized spacial score (nSPS) is 23.5. The molecule has 1 unspecified atom stereocenters. The molecule has 0 aromatic carbocycles. The van der Waals surface area contributed by atoms with Gasteiger partial charge in [0.15, 0.2) is 0 Å². The number of aliphatic carboxylic acids is 1. The van der Waals surface area contributed by atoms with E-state index < -0.39 is 17.8 Å². The lowest BCUT2D eigenvalue weighted by Gasteiger charge is -2.27. The molecule has 0 aliphatic carbocycles. The summed E-state index contributed by atoms with van der Waals surface area (Å²) in [5.74, 6) is -1.38. The summed E-state index contributed by atoms with van der Waals surface area (Å²) in [5, 5.41) is 7.83. The largest absolute Gasteiger partial charge is 0.480 e. The second-order valence-corrected chi connectivity index (χ2v) is 4.12. The van der Waals surface area contributed by atoms with E-state index in [9.17, 15) is 14.4 Å². The predicted molar refractivity (Wildman–Crippen MR) is 46.3 cm³/mol. The Bertz CT molecular complexity index is 263. The van der Waals surface area contributed by atoms with Gasteiger partial charge in [0, 0.05) is 0 Å². The first kappa shape index (κ1) is 10.0. The van der Waals surface area contributed by atoms with Gasteiger partial charge in [-0.2, -0.15) is 0 Å². The topological polar surface area (TPSA) is 74.7 Å². The third-order valence-corrected chi connectivity index (χ3v) is 2.56. The molecular formula is C7H9NO4S. The molecule has 72 valence electrons. The highest BCUT2D eigenvalue weighted by atomic mass is 32.2. The SMILES string of the molecule is CC1SC(=O)CN(CC(=O)O)C1=O. The Balaban J connectivity index is 2.66. The lowest BCUT2D eigenvalue weighted by atomic mass is 10.3. The first-order valence-corrected chi connectivity index (χ1v) is 4.58. The number of amides is 1. The fourth-order valence-corrected chi connectivity index (χ4v) is 1.95. The van der Waals surface area contributed by atoms with Crippen molar-refractivity contribution in [2.75, 3.05) is 13.1 Å². The van der Waals surface area contributed by atoms with Crippen molar-refractivity contribution < 1.29 is 19.5 Å². The zero-order valence-electron chi connectivity index (χ0n) is 7.02. The van der Waals surface area contributed by atoms with E-state index in [1.165, 1.54) is 0 Å². The summed E-state index contributed by atoms with van der Waals surface area (Å²) >= 11 is 0.957. The fraction of sp³-hybridized carbons (Fsp3) is 0.571. The highest BCUT2D eigenvalue weighted by Gasteiger charge is 2.31. The Labute approximate surface area is 79.1 Å². The summed E-state index contributed by atoms with van der Waals surface area (Å²) in [6, 6.07) is 0.